The van der Waals surface area contributed by atoms with E-state index in [0.717, 1.165) is 31.1 Å². The van der Waals surface area contributed by atoms with Crippen LogP contribution in [-0.2, 0) is 13.1 Å². The van der Waals surface area contributed by atoms with Crippen LogP contribution in [0.25, 0.3) is 0 Å². The van der Waals surface area contributed by atoms with E-state index in [0.29, 0.717) is 6.54 Å². The van der Waals surface area contributed by atoms with Crippen molar-refractivity contribution in [1.29, 1.82) is 0 Å². The van der Waals surface area contributed by atoms with Gasteiger partial charge in [0.15, 0.2) is 0 Å². The maximum atomic E-state index is 12.9. The molecule has 1 aliphatic rings. The van der Waals surface area contributed by atoms with Crippen LogP contribution in [0, 0.1) is 11.7 Å². The molecule has 0 amide bonds. The van der Waals surface area contributed by atoms with Gasteiger partial charge < -0.3 is 5.32 Å². The van der Waals surface area contributed by atoms with E-state index in [1.54, 1.807) is 0 Å². The van der Waals surface area contributed by atoms with E-state index >= 15 is 0 Å². The van der Waals surface area contributed by atoms with Crippen molar-refractivity contribution in [2.75, 3.05) is 26.7 Å². The Hall–Kier alpha value is -1.72. The van der Waals surface area contributed by atoms with Gasteiger partial charge in [0.2, 0.25) is 0 Å². The van der Waals surface area contributed by atoms with Crippen molar-refractivity contribution in [3.05, 3.63) is 53.6 Å². The SMILES string of the molecule is CNCC1CCCN(Cc2cnn(Cc3ccc(F)cc3)c2)C1. The van der Waals surface area contributed by atoms with Crippen LogP contribution in [0.5, 0.6) is 0 Å². The second-order valence-electron chi connectivity index (χ2n) is 6.47. The van der Waals surface area contributed by atoms with E-state index in [2.05, 4.69) is 21.5 Å². The van der Waals surface area contributed by atoms with Crippen LogP contribution in [0.15, 0.2) is 36.7 Å². The Labute approximate surface area is 137 Å². The first-order valence-corrected chi connectivity index (χ1v) is 8.35. The fourth-order valence-electron chi connectivity index (χ4n) is 3.36. The quantitative estimate of drug-likeness (QED) is 0.889. The third-order valence-corrected chi connectivity index (χ3v) is 4.45. The summed E-state index contributed by atoms with van der Waals surface area (Å²) in [6, 6.07) is 6.61. The molecule has 4 nitrogen and oxygen atoms in total. The molecule has 1 aliphatic heterocycles. The maximum absolute atomic E-state index is 12.9. The summed E-state index contributed by atoms with van der Waals surface area (Å²) in [4.78, 5) is 2.52. The van der Waals surface area contributed by atoms with Crippen molar-refractivity contribution >= 4 is 0 Å². The smallest absolute Gasteiger partial charge is 0.123 e. The molecule has 23 heavy (non-hydrogen) atoms. The molecule has 1 atom stereocenters. The Balaban J connectivity index is 1.55. The topological polar surface area (TPSA) is 33.1 Å². The second-order valence-corrected chi connectivity index (χ2v) is 6.47. The molecule has 1 unspecified atom stereocenters. The fraction of sp³-hybridized carbons (Fsp3) is 0.500. The first-order chi connectivity index (χ1) is 11.2. The van der Waals surface area contributed by atoms with Gasteiger partial charge in [-0.15, -0.1) is 0 Å². The van der Waals surface area contributed by atoms with Gasteiger partial charge in [-0.3, -0.25) is 9.58 Å². The summed E-state index contributed by atoms with van der Waals surface area (Å²) in [7, 11) is 2.03. The highest BCUT2D eigenvalue weighted by Gasteiger charge is 2.19. The fourth-order valence-corrected chi connectivity index (χ4v) is 3.36. The van der Waals surface area contributed by atoms with Gasteiger partial charge in [-0.1, -0.05) is 12.1 Å². The monoisotopic (exact) mass is 316 g/mol. The highest BCUT2D eigenvalue weighted by Crippen LogP contribution is 2.18. The Morgan fingerprint density at radius 3 is 2.83 bits per heavy atom. The van der Waals surface area contributed by atoms with Crippen LogP contribution in [-0.4, -0.2) is 41.4 Å². The molecule has 0 bridgehead atoms. The predicted molar refractivity (Wildman–Crippen MR) is 89.7 cm³/mol. The lowest BCUT2D eigenvalue weighted by atomic mass is 9.98. The second kappa shape index (κ2) is 7.70. The van der Waals surface area contributed by atoms with E-state index < -0.39 is 0 Å². The van der Waals surface area contributed by atoms with Crippen LogP contribution in [0.4, 0.5) is 4.39 Å². The number of piperidine rings is 1. The molecule has 1 aromatic carbocycles. The van der Waals surface area contributed by atoms with Gasteiger partial charge in [0.25, 0.3) is 0 Å². The lowest BCUT2D eigenvalue weighted by Crippen LogP contribution is -2.38. The molecule has 0 spiro atoms. The minimum absolute atomic E-state index is 0.198. The summed E-state index contributed by atoms with van der Waals surface area (Å²) >= 11 is 0. The van der Waals surface area contributed by atoms with Gasteiger partial charge in [0, 0.05) is 24.8 Å². The predicted octanol–water partition coefficient (Wildman–Crippen LogP) is 2.50. The van der Waals surface area contributed by atoms with Crippen LogP contribution in [0.1, 0.15) is 24.0 Å². The molecule has 0 radical (unpaired) electrons. The summed E-state index contributed by atoms with van der Waals surface area (Å²) in [5, 5.41) is 7.73. The molecule has 1 N–H and O–H groups in total. The largest absolute Gasteiger partial charge is 0.319 e. The molecule has 0 aliphatic carbocycles. The zero-order chi connectivity index (χ0) is 16.1. The summed E-state index contributed by atoms with van der Waals surface area (Å²) in [5.41, 5.74) is 2.31. The highest BCUT2D eigenvalue weighted by molar-refractivity contribution is 5.16. The van der Waals surface area contributed by atoms with Crippen molar-refractivity contribution < 1.29 is 4.39 Å². The van der Waals surface area contributed by atoms with Gasteiger partial charge in [0.05, 0.1) is 12.7 Å². The van der Waals surface area contributed by atoms with E-state index in [4.69, 9.17) is 0 Å². The van der Waals surface area contributed by atoms with E-state index in [-0.39, 0.29) is 5.82 Å². The third-order valence-electron chi connectivity index (χ3n) is 4.45. The minimum atomic E-state index is -0.198. The normalized spacial score (nSPS) is 19.1. The van der Waals surface area contributed by atoms with Crippen molar-refractivity contribution in [2.24, 2.45) is 5.92 Å². The summed E-state index contributed by atoms with van der Waals surface area (Å²) in [6.45, 7) is 5.07. The van der Waals surface area contributed by atoms with E-state index in [1.165, 1.54) is 37.1 Å². The average Bonchev–Trinajstić information content (AvgIpc) is 2.97. The van der Waals surface area contributed by atoms with Gasteiger partial charge in [-0.05, 0) is 56.6 Å². The number of halogens is 1. The zero-order valence-electron chi connectivity index (χ0n) is 13.7. The maximum Gasteiger partial charge on any atom is 0.123 e. The number of benzene rings is 1. The molecule has 2 heterocycles. The number of nitrogens with one attached hydrogen (secondary N) is 1. The minimum Gasteiger partial charge on any atom is -0.319 e. The van der Waals surface area contributed by atoms with Gasteiger partial charge >= 0.3 is 0 Å². The number of hydrogen-bond donors (Lipinski definition) is 1. The number of rotatable bonds is 6. The molecule has 2 aromatic rings. The highest BCUT2D eigenvalue weighted by atomic mass is 19.1. The zero-order valence-corrected chi connectivity index (χ0v) is 13.7. The van der Waals surface area contributed by atoms with Gasteiger partial charge in [-0.2, -0.15) is 5.10 Å². The van der Waals surface area contributed by atoms with Crippen LogP contribution in [0.3, 0.4) is 0 Å². The molecule has 3 rings (SSSR count). The first-order valence-electron chi connectivity index (χ1n) is 8.35. The molecule has 0 saturated carbocycles. The Morgan fingerprint density at radius 2 is 2.04 bits per heavy atom. The van der Waals surface area contributed by atoms with Crippen molar-refractivity contribution in [1.82, 2.24) is 20.0 Å². The Kier molecular flexibility index (Phi) is 5.41. The standard InChI is InChI=1S/C18H25FN4/c1-20-9-16-3-2-8-22(11-16)12-17-10-21-23(14-17)13-15-4-6-18(19)7-5-15/h4-7,10,14,16,20H,2-3,8-9,11-13H2,1H3. The van der Waals surface area contributed by atoms with Crippen molar-refractivity contribution in [2.45, 2.75) is 25.9 Å². The molecular weight excluding hydrogens is 291 g/mol. The summed E-state index contributed by atoms with van der Waals surface area (Å²) < 4.78 is 14.9. The lowest BCUT2D eigenvalue weighted by molar-refractivity contribution is 0.167. The molecule has 5 heteroatoms. The Morgan fingerprint density at radius 1 is 1.22 bits per heavy atom. The number of aromatic nitrogens is 2. The van der Waals surface area contributed by atoms with Gasteiger partial charge in [0.1, 0.15) is 5.82 Å². The lowest BCUT2D eigenvalue weighted by Gasteiger charge is -2.32. The van der Waals surface area contributed by atoms with Crippen molar-refractivity contribution in [3.63, 3.8) is 0 Å². The molecular formula is C18H25FN4. The number of hydrogen-bond acceptors (Lipinski definition) is 3. The van der Waals surface area contributed by atoms with Crippen molar-refractivity contribution in [3.8, 4) is 0 Å². The van der Waals surface area contributed by atoms with Crippen LogP contribution < -0.4 is 5.32 Å². The third kappa shape index (κ3) is 4.62. The Bertz CT molecular complexity index is 606. The molecule has 1 fully saturated rings. The molecule has 124 valence electrons. The number of nitrogens with zero attached hydrogens (tertiary/aromatic N) is 3. The summed E-state index contributed by atoms with van der Waals surface area (Å²) in [6.07, 6.45) is 6.65. The molecule has 1 saturated heterocycles. The van der Waals surface area contributed by atoms with Crippen LogP contribution >= 0.6 is 0 Å². The van der Waals surface area contributed by atoms with Crippen LogP contribution in [0.2, 0.25) is 0 Å². The van der Waals surface area contributed by atoms with E-state index in [1.807, 2.05) is 30.1 Å². The average molecular weight is 316 g/mol. The van der Waals surface area contributed by atoms with E-state index in [9.17, 15) is 4.39 Å². The summed E-state index contributed by atoms with van der Waals surface area (Å²) in [5.74, 6) is 0.555. The first kappa shape index (κ1) is 16.1. The molecule has 1 aromatic heterocycles. The number of likely N-dealkylation sites (tertiary alicyclic amines) is 1. The van der Waals surface area contributed by atoms with Gasteiger partial charge in [-0.25, -0.2) is 4.39 Å².